The molecule has 2 rings (SSSR count). The minimum absolute atomic E-state index is 0.00340. The number of anilines is 1. The van der Waals surface area contributed by atoms with E-state index in [4.69, 9.17) is 11.6 Å². The van der Waals surface area contributed by atoms with E-state index in [0.717, 1.165) is 0 Å². The van der Waals surface area contributed by atoms with Crippen molar-refractivity contribution in [1.82, 2.24) is 15.2 Å². The maximum Gasteiger partial charge on any atom is 0.295 e. The zero-order valence-electron chi connectivity index (χ0n) is 10.4. The van der Waals surface area contributed by atoms with Gasteiger partial charge in [0.15, 0.2) is 0 Å². The number of nitro benzene ring substituents is 1. The Labute approximate surface area is 118 Å². The summed E-state index contributed by atoms with van der Waals surface area (Å²) in [5.41, 5.74) is 0.101. The Hall–Kier alpha value is -2.48. The van der Waals surface area contributed by atoms with Crippen molar-refractivity contribution in [2.45, 2.75) is 13.3 Å². The zero-order chi connectivity index (χ0) is 14.7. The molecule has 0 unspecified atom stereocenters. The van der Waals surface area contributed by atoms with Crippen molar-refractivity contribution in [1.29, 1.82) is 0 Å². The van der Waals surface area contributed by atoms with Crippen molar-refractivity contribution >= 4 is 28.9 Å². The van der Waals surface area contributed by atoms with Gasteiger partial charge in [-0.3, -0.25) is 20.0 Å². The van der Waals surface area contributed by atoms with Crippen LogP contribution in [0.2, 0.25) is 5.02 Å². The zero-order valence-corrected chi connectivity index (χ0v) is 11.1. The summed E-state index contributed by atoms with van der Waals surface area (Å²) >= 11 is 5.75. The van der Waals surface area contributed by atoms with Gasteiger partial charge in [-0.2, -0.15) is 0 Å². The molecule has 0 bridgehead atoms. The molecule has 1 amide bonds. The summed E-state index contributed by atoms with van der Waals surface area (Å²) in [6.07, 6.45) is 0.629. The Balaban J connectivity index is 2.15. The SMILES string of the molecule is CCc1nc(C(=O)Nc2ccc([N+](=O)[O-])c(Cl)c2)n[nH]1. The van der Waals surface area contributed by atoms with Crippen LogP contribution in [0, 0.1) is 10.1 Å². The molecule has 0 fully saturated rings. The van der Waals surface area contributed by atoms with Crippen LogP contribution in [0.5, 0.6) is 0 Å². The van der Waals surface area contributed by atoms with Crippen LogP contribution in [0.1, 0.15) is 23.4 Å². The molecule has 0 aliphatic carbocycles. The molecule has 0 aliphatic rings. The Kier molecular flexibility index (Phi) is 3.94. The van der Waals surface area contributed by atoms with Gasteiger partial charge in [-0.15, -0.1) is 5.10 Å². The van der Waals surface area contributed by atoms with Gasteiger partial charge in [-0.25, -0.2) is 4.98 Å². The highest BCUT2D eigenvalue weighted by Gasteiger charge is 2.15. The predicted octanol–water partition coefficient (Wildman–Crippen LogP) is 2.18. The van der Waals surface area contributed by atoms with Gasteiger partial charge in [0.25, 0.3) is 11.6 Å². The standard InChI is InChI=1S/C11H10ClN5O3/c1-2-9-14-10(16-15-9)11(18)13-6-3-4-8(17(19)20)7(12)5-6/h3-5H,2H2,1H3,(H,13,18)(H,14,15,16). The minimum Gasteiger partial charge on any atom is -0.319 e. The second kappa shape index (κ2) is 5.66. The molecule has 0 saturated heterocycles. The van der Waals surface area contributed by atoms with E-state index in [1.807, 2.05) is 6.92 Å². The maximum atomic E-state index is 11.8. The first kappa shape index (κ1) is 13.9. The highest BCUT2D eigenvalue weighted by Crippen LogP contribution is 2.27. The number of H-pyrrole nitrogens is 1. The summed E-state index contributed by atoms with van der Waals surface area (Å²) in [5.74, 6) is 0.0686. The van der Waals surface area contributed by atoms with E-state index in [1.54, 1.807) is 0 Å². The average molecular weight is 296 g/mol. The number of hydrogen-bond acceptors (Lipinski definition) is 5. The smallest absolute Gasteiger partial charge is 0.295 e. The Bertz CT molecular complexity index is 670. The molecule has 0 saturated carbocycles. The van der Waals surface area contributed by atoms with E-state index in [-0.39, 0.29) is 16.5 Å². The van der Waals surface area contributed by atoms with Gasteiger partial charge in [-0.1, -0.05) is 18.5 Å². The molecule has 0 spiro atoms. The number of amides is 1. The largest absolute Gasteiger partial charge is 0.319 e. The Morgan fingerprint density at radius 2 is 2.30 bits per heavy atom. The first-order chi connectivity index (χ1) is 9.51. The van der Waals surface area contributed by atoms with E-state index in [2.05, 4.69) is 20.5 Å². The number of carbonyl (C=O) groups excluding carboxylic acids is 1. The van der Waals surface area contributed by atoms with Gasteiger partial charge >= 0.3 is 0 Å². The van der Waals surface area contributed by atoms with Crippen molar-refractivity contribution in [3.8, 4) is 0 Å². The molecule has 1 aromatic carbocycles. The maximum absolute atomic E-state index is 11.8. The monoisotopic (exact) mass is 295 g/mol. The van der Waals surface area contributed by atoms with Crippen molar-refractivity contribution in [3.63, 3.8) is 0 Å². The summed E-state index contributed by atoms with van der Waals surface area (Å²) in [4.78, 5) is 25.8. The number of halogens is 1. The molecular formula is C11H10ClN5O3. The normalized spacial score (nSPS) is 10.3. The van der Waals surface area contributed by atoms with E-state index < -0.39 is 10.8 Å². The summed E-state index contributed by atoms with van der Waals surface area (Å²) < 4.78 is 0. The number of rotatable bonds is 4. The highest BCUT2D eigenvalue weighted by molar-refractivity contribution is 6.33. The minimum atomic E-state index is -0.600. The van der Waals surface area contributed by atoms with Crippen molar-refractivity contribution < 1.29 is 9.72 Å². The second-order valence-electron chi connectivity index (χ2n) is 3.84. The molecule has 8 nitrogen and oxygen atoms in total. The molecule has 1 aromatic heterocycles. The first-order valence-corrected chi connectivity index (χ1v) is 6.05. The average Bonchev–Trinajstić information content (AvgIpc) is 2.87. The number of carbonyl (C=O) groups is 1. The number of aromatic amines is 1. The number of nitrogens with zero attached hydrogens (tertiary/aromatic N) is 3. The van der Waals surface area contributed by atoms with Crippen LogP contribution in [0.4, 0.5) is 11.4 Å². The van der Waals surface area contributed by atoms with Gasteiger partial charge in [0.1, 0.15) is 10.8 Å². The quantitative estimate of drug-likeness (QED) is 0.663. The van der Waals surface area contributed by atoms with Gasteiger partial charge in [-0.05, 0) is 12.1 Å². The van der Waals surface area contributed by atoms with Crippen LogP contribution in [-0.2, 0) is 6.42 Å². The molecule has 2 N–H and O–H groups in total. The second-order valence-corrected chi connectivity index (χ2v) is 4.24. The number of nitrogens with one attached hydrogen (secondary N) is 2. The lowest BCUT2D eigenvalue weighted by molar-refractivity contribution is -0.384. The van der Waals surface area contributed by atoms with E-state index in [1.165, 1.54) is 18.2 Å². The predicted molar refractivity (Wildman–Crippen MR) is 71.8 cm³/mol. The molecule has 9 heteroatoms. The van der Waals surface area contributed by atoms with Crippen molar-refractivity contribution in [2.75, 3.05) is 5.32 Å². The van der Waals surface area contributed by atoms with Crippen LogP contribution in [-0.4, -0.2) is 26.0 Å². The van der Waals surface area contributed by atoms with Crippen molar-refractivity contribution in [3.05, 3.63) is 45.0 Å². The summed E-state index contributed by atoms with van der Waals surface area (Å²) in [7, 11) is 0. The number of aromatic nitrogens is 3. The van der Waals surface area contributed by atoms with Gasteiger partial charge in [0, 0.05) is 18.2 Å². The lowest BCUT2D eigenvalue weighted by Gasteiger charge is -2.03. The first-order valence-electron chi connectivity index (χ1n) is 5.67. The summed E-state index contributed by atoms with van der Waals surface area (Å²) in [6.45, 7) is 1.87. The molecule has 104 valence electrons. The number of hydrogen-bond donors (Lipinski definition) is 2. The molecule has 0 aliphatic heterocycles. The molecular weight excluding hydrogens is 286 g/mol. The fraction of sp³-hybridized carbons (Fsp3) is 0.182. The molecule has 2 aromatic rings. The molecule has 20 heavy (non-hydrogen) atoms. The molecule has 0 radical (unpaired) electrons. The van der Waals surface area contributed by atoms with Crippen LogP contribution in [0.3, 0.4) is 0 Å². The third kappa shape index (κ3) is 2.91. The number of aryl methyl sites for hydroxylation is 1. The third-order valence-corrected chi connectivity index (χ3v) is 2.77. The van der Waals surface area contributed by atoms with E-state index >= 15 is 0 Å². The lowest BCUT2D eigenvalue weighted by atomic mass is 10.3. The lowest BCUT2D eigenvalue weighted by Crippen LogP contribution is -2.13. The summed E-state index contributed by atoms with van der Waals surface area (Å²) in [6, 6.07) is 3.90. The van der Waals surface area contributed by atoms with Crippen LogP contribution in [0.15, 0.2) is 18.2 Å². The van der Waals surface area contributed by atoms with Gasteiger partial charge < -0.3 is 5.32 Å². The highest BCUT2D eigenvalue weighted by atomic mass is 35.5. The number of benzene rings is 1. The van der Waals surface area contributed by atoms with Crippen molar-refractivity contribution in [2.24, 2.45) is 0 Å². The summed E-state index contributed by atoms with van der Waals surface area (Å²) in [5, 5.41) is 19.5. The topological polar surface area (TPSA) is 114 Å². The Morgan fingerprint density at radius 3 is 2.85 bits per heavy atom. The molecule has 1 heterocycles. The number of nitro groups is 1. The Morgan fingerprint density at radius 1 is 1.55 bits per heavy atom. The van der Waals surface area contributed by atoms with E-state index in [0.29, 0.717) is 17.9 Å². The van der Waals surface area contributed by atoms with Crippen LogP contribution in [0.25, 0.3) is 0 Å². The van der Waals surface area contributed by atoms with Crippen LogP contribution < -0.4 is 5.32 Å². The van der Waals surface area contributed by atoms with Gasteiger partial charge in [0.2, 0.25) is 5.82 Å². The third-order valence-electron chi connectivity index (χ3n) is 2.47. The van der Waals surface area contributed by atoms with Gasteiger partial charge in [0.05, 0.1) is 4.92 Å². The van der Waals surface area contributed by atoms with Crippen LogP contribution >= 0.6 is 11.6 Å². The fourth-order valence-electron chi connectivity index (χ4n) is 1.47. The fourth-order valence-corrected chi connectivity index (χ4v) is 1.72. The van der Waals surface area contributed by atoms with E-state index in [9.17, 15) is 14.9 Å². The molecule has 0 atom stereocenters.